The number of carbonyl (C=O) groups is 1. The number of ether oxygens (including phenoxy) is 1. The summed E-state index contributed by atoms with van der Waals surface area (Å²) in [4.78, 5) is 10.3. The lowest BCUT2D eigenvalue weighted by Crippen LogP contribution is -2.30. The average Bonchev–Trinajstić information content (AvgIpc) is 1.60. The van der Waals surface area contributed by atoms with Crippen molar-refractivity contribution in [1.82, 2.24) is 0 Å². The molecular weight excluding hydrogens is 116 g/mol. The van der Waals surface area contributed by atoms with Gasteiger partial charge in [0.25, 0.3) is 0 Å². The molecular formula is C7H12O2. The maximum Gasteiger partial charge on any atom is 0.302 e. The first-order valence-electron chi connectivity index (χ1n) is 3.35. The second-order valence-electron chi connectivity index (χ2n) is 2.81. The molecule has 0 N–H and O–H groups in total. The van der Waals surface area contributed by atoms with Crippen molar-refractivity contribution in [2.75, 3.05) is 0 Å². The highest BCUT2D eigenvalue weighted by Gasteiger charge is 2.27. The van der Waals surface area contributed by atoms with Gasteiger partial charge in [-0.25, -0.2) is 0 Å². The Bertz CT molecular complexity index is 114. The van der Waals surface area contributed by atoms with Crippen LogP contribution in [0.5, 0.6) is 0 Å². The summed E-state index contributed by atoms with van der Waals surface area (Å²) in [6.45, 7) is 3.63. The van der Waals surface area contributed by atoms with Gasteiger partial charge < -0.3 is 4.74 Å². The second kappa shape index (κ2) is 2.38. The average molecular weight is 128 g/mol. The van der Waals surface area contributed by atoms with Crippen molar-refractivity contribution in [2.45, 2.75) is 32.8 Å². The summed E-state index contributed by atoms with van der Waals surface area (Å²) in [7, 11) is 0. The summed E-state index contributed by atoms with van der Waals surface area (Å²) >= 11 is 0. The number of carbonyl (C=O) groups excluding carboxylic acids is 1. The summed E-state index contributed by atoms with van der Waals surface area (Å²) in [5, 5.41) is 0. The summed E-state index contributed by atoms with van der Waals surface area (Å²) in [6, 6.07) is 0. The van der Waals surface area contributed by atoms with E-state index in [1.807, 2.05) is 0 Å². The largest absolute Gasteiger partial charge is 0.463 e. The highest BCUT2D eigenvalue weighted by Crippen LogP contribution is 2.28. The summed E-state index contributed by atoms with van der Waals surface area (Å²) in [6.07, 6.45) is 2.34. The van der Waals surface area contributed by atoms with Gasteiger partial charge >= 0.3 is 5.97 Å². The van der Waals surface area contributed by atoms with Crippen molar-refractivity contribution in [3.63, 3.8) is 0 Å². The lowest BCUT2D eigenvalue weighted by molar-refractivity contribution is -0.152. The van der Waals surface area contributed by atoms with Gasteiger partial charge in [-0.3, -0.25) is 4.79 Å². The molecule has 1 rings (SSSR count). The fourth-order valence-corrected chi connectivity index (χ4v) is 1.16. The Labute approximate surface area is 55.2 Å². The van der Waals surface area contributed by atoms with E-state index in [1.165, 1.54) is 6.92 Å². The van der Waals surface area contributed by atoms with Crippen LogP contribution in [0.3, 0.4) is 0 Å². The molecule has 0 unspecified atom stereocenters. The van der Waals surface area contributed by atoms with E-state index in [2.05, 4.69) is 6.92 Å². The molecule has 0 spiro atoms. The summed E-state index contributed by atoms with van der Waals surface area (Å²) in [5.41, 5.74) is 0. The third kappa shape index (κ3) is 1.70. The van der Waals surface area contributed by atoms with Crippen molar-refractivity contribution in [2.24, 2.45) is 5.92 Å². The van der Waals surface area contributed by atoms with Gasteiger partial charge in [0.05, 0.1) is 0 Å². The van der Waals surface area contributed by atoms with Gasteiger partial charge in [0, 0.05) is 6.92 Å². The Hall–Kier alpha value is -0.530. The molecule has 9 heavy (non-hydrogen) atoms. The van der Waals surface area contributed by atoms with Crippen LogP contribution in [0.4, 0.5) is 0 Å². The van der Waals surface area contributed by atoms with Crippen molar-refractivity contribution in [1.29, 1.82) is 0 Å². The molecule has 1 aliphatic rings. The third-order valence-electron chi connectivity index (χ3n) is 1.66. The Morgan fingerprint density at radius 2 is 2.11 bits per heavy atom. The zero-order chi connectivity index (χ0) is 6.85. The number of hydrogen-bond donors (Lipinski definition) is 0. The Kier molecular flexibility index (Phi) is 1.74. The van der Waals surface area contributed by atoms with E-state index in [9.17, 15) is 4.79 Å². The van der Waals surface area contributed by atoms with Gasteiger partial charge in [-0.15, -0.1) is 0 Å². The molecule has 2 nitrogen and oxygen atoms in total. The zero-order valence-corrected chi connectivity index (χ0v) is 5.89. The van der Waals surface area contributed by atoms with Crippen molar-refractivity contribution >= 4 is 5.97 Å². The molecule has 0 amide bonds. The highest BCUT2D eigenvalue weighted by atomic mass is 16.5. The van der Waals surface area contributed by atoms with Crippen molar-refractivity contribution in [3.8, 4) is 0 Å². The van der Waals surface area contributed by atoms with Crippen molar-refractivity contribution in [3.05, 3.63) is 0 Å². The van der Waals surface area contributed by atoms with Crippen LogP contribution in [0.1, 0.15) is 26.7 Å². The monoisotopic (exact) mass is 128 g/mol. The van der Waals surface area contributed by atoms with Gasteiger partial charge in [-0.2, -0.15) is 0 Å². The molecule has 1 saturated carbocycles. The molecule has 0 radical (unpaired) electrons. The first-order chi connectivity index (χ1) is 4.18. The molecule has 52 valence electrons. The van der Waals surface area contributed by atoms with E-state index >= 15 is 0 Å². The molecule has 0 aromatic heterocycles. The maximum atomic E-state index is 10.3. The van der Waals surface area contributed by atoms with E-state index in [-0.39, 0.29) is 12.1 Å². The normalized spacial score (nSPS) is 33.1. The van der Waals surface area contributed by atoms with Crippen LogP contribution in [-0.4, -0.2) is 12.1 Å². The molecule has 0 heterocycles. The zero-order valence-electron chi connectivity index (χ0n) is 5.89. The van der Waals surface area contributed by atoms with Crippen LogP contribution in [0.15, 0.2) is 0 Å². The molecule has 0 aliphatic heterocycles. The number of rotatable bonds is 1. The van der Waals surface area contributed by atoms with Crippen LogP contribution in [-0.2, 0) is 9.53 Å². The predicted octanol–water partition coefficient (Wildman–Crippen LogP) is 1.35. The smallest absolute Gasteiger partial charge is 0.302 e. The SMILES string of the molecule is CC(=O)OC1CC(C)C1. The quantitative estimate of drug-likeness (QED) is 0.498. The van der Waals surface area contributed by atoms with Gasteiger partial charge in [0.1, 0.15) is 6.10 Å². The third-order valence-corrected chi connectivity index (χ3v) is 1.66. The van der Waals surface area contributed by atoms with Crippen molar-refractivity contribution < 1.29 is 9.53 Å². The van der Waals surface area contributed by atoms with E-state index < -0.39 is 0 Å². The molecule has 1 aliphatic carbocycles. The fraction of sp³-hybridized carbons (Fsp3) is 0.857. The Morgan fingerprint density at radius 1 is 1.56 bits per heavy atom. The van der Waals surface area contributed by atoms with Crippen LogP contribution >= 0.6 is 0 Å². The second-order valence-corrected chi connectivity index (χ2v) is 2.81. The van der Waals surface area contributed by atoms with E-state index in [0.29, 0.717) is 0 Å². The molecule has 0 atom stereocenters. The predicted molar refractivity (Wildman–Crippen MR) is 34.0 cm³/mol. The van der Waals surface area contributed by atoms with Crippen LogP contribution < -0.4 is 0 Å². The highest BCUT2D eigenvalue weighted by molar-refractivity contribution is 5.66. The number of esters is 1. The van der Waals surface area contributed by atoms with Crippen LogP contribution in [0.25, 0.3) is 0 Å². The van der Waals surface area contributed by atoms with E-state index in [0.717, 1.165) is 18.8 Å². The summed E-state index contributed by atoms with van der Waals surface area (Å²) < 4.78 is 4.92. The van der Waals surface area contributed by atoms with Gasteiger partial charge in [0.2, 0.25) is 0 Å². The molecule has 0 bridgehead atoms. The Balaban J connectivity index is 2.11. The minimum atomic E-state index is -0.146. The fourth-order valence-electron chi connectivity index (χ4n) is 1.16. The molecule has 0 saturated heterocycles. The van der Waals surface area contributed by atoms with Crippen LogP contribution in [0, 0.1) is 5.92 Å². The first-order valence-corrected chi connectivity index (χ1v) is 3.35. The van der Waals surface area contributed by atoms with Gasteiger partial charge in [-0.1, -0.05) is 6.92 Å². The molecule has 0 aromatic carbocycles. The first kappa shape index (κ1) is 6.59. The van der Waals surface area contributed by atoms with E-state index in [4.69, 9.17) is 4.74 Å². The topological polar surface area (TPSA) is 26.3 Å². The lowest BCUT2D eigenvalue weighted by atomic mass is 9.84. The minimum absolute atomic E-state index is 0.146. The Morgan fingerprint density at radius 3 is 2.44 bits per heavy atom. The standard InChI is InChI=1S/C7H12O2/c1-5-3-7(4-5)9-6(2)8/h5,7H,3-4H2,1-2H3. The van der Waals surface area contributed by atoms with Gasteiger partial charge in [-0.05, 0) is 18.8 Å². The van der Waals surface area contributed by atoms with Crippen LogP contribution in [0.2, 0.25) is 0 Å². The van der Waals surface area contributed by atoms with E-state index in [1.54, 1.807) is 0 Å². The molecule has 2 heteroatoms. The maximum absolute atomic E-state index is 10.3. The molecule has 1 fully saturated rings. The number of hydrogen-bond acceptors (Lipinski definition) is 2. The molecule has 0 aromatic rings. The lowest BCUT2D eigenvalue weighted by Gasteiger charge is -2.31. The summed E-state index contributed by atoms with van der Waals surface area (Å²) in [5.74, 6) is 0.612. The van der Waals surface area contributed by atoms with Gasteiger partial charge in [0.15, 0.2) is 0 Å². The minimum Gasteiger partial charge on any atom is -0.463 e.